The van der Waals surface area contributed by atoms with Crippen LogP contribution in [0.5, 0.6) is 0 Å². The van der Waals surface area contributed by atoms with E-state index < -0.39 is 27.8 Å². The zero-order valence-corrected chi connectivity index (χ0v) is 10.7. The van der Waals surface area contributed by atoms with E-state index in [-0.39, 0.29) is 11.8 Å². The first-order chi connectivity index (χ1) is 8.53. The number of nitro groups is 1. The molecule has 0 amide bonds. The van der Waals surface area contributed by atoms with Gasteiger partial charge in [0.1, 0.15) is 0 Å². The number of nitrogens with zero attached hydrogens (tertiary/aromatic N) is 1. The lowest BCUT2D eigenvalue weighted by molar-refractivity contribution is -0.386. The molecule has 1 rings (SSSR count). The number of carbonyl (C=O) groups is 1. The number of H-pyrrole nitrogens is 2. The first kappa shape index (κ1) is 16.6. The van der Waals surface area contributed by atoms with Gasteiger partial charge in [0, 0.05) is 0 Å². The maximum atomic E-state index is 10.6. The second kappa shape index (κ2) is 6.47. The lowest BCUT2D eigenvalue weighted by atomic mass is 9.93. The van der Waals surface area contributed by atoms with Gasteiger partial charge in [0.05, 0.1) is 17.5 Å². The molecule has 1 heterocycles. The third-order valence-electron chi connectivity index (χ3n) is 1.68. The highest BCUT2D eigenvalue weighted by Crippen LogP contribution is 2.17. The van der Waals surface area contributed by atoms with Crippen molar-refractivity contribution in [3.63, 3.8) is 0 Å². The monoisotopic (exact) mass is 273 g/mol. The highest BCUT2D eigenvalue weighted by atomic mass is 16.6. The summed E-state index contributed by atoms with van der Waals surface area (Å²) in [6.07, 6.45) is 0.994. The number of hydrogen-bond acceptors (Lipinski definition) is 5. The smallest absolute Gasteiger partial charge is 0.349 e. The number of carboxylic acid groups (broad SMARTS) is 1. The van der Waals surface area contributed by atoms with Crippen molar-refractivity contribution >= 4 is 11.7 Å². The Labute approximate surface area is 107 Å². The van der Waals surface area contributed by atoms with Gasteiger partial charge in [-0.2, -0.15) is 0 Å². The van der Waals surface area contributed by atoms with E-state index in [1.165, 1.54) is 0 Å². The fourth-order valence-electron chi connectivity index (χ4n) is 0.992. The number of aromatic nitrogens is 2. The number of aromatic amines is 2. The van der Waals surface area contributed by atoms with Crippen molar-refractivity contribution in [2.75, 3.05) is 0 Å². The van der Waals surface area contributed by atoms with Gasteiger partial charge in [-0.25, -0.2) is 4.79 Å². The molecule has 0 saturated heterocycles. The molecule has 0 aliphatic carbocycles. The summed E-state index contributed by atoms with van der Waals surface area (Å²) in [4.78, 5) is 43.7. The maximum Gasteiger partial charge on any atom is 0.349 e. The van der Waals surface area contributed by atoms with Crippen molar-refractivity contribution in [1.29, 1.82) is 0 Å². The van der Waals surface area contributed by atoms with Crippen LogP contribution in [0, 0.1) is 15.5 Å². The van der Waals surface area contributed by atoms with Crippen LogP contribution in [0.1, 0.15) is 27.2 Å². The van der Waals surface area contributed by atoms with Crippen LogP contribution in [0.4, 0.5) is 5.69 Å². The summed E-state index contributed by atoms with van der Waals surface area (Å²) < 4.78 is 0. The normalized spacial score (nSPS) is 10.3. The van der Waals surface area contributed by atoms with Crippen LogP contribution in [0.3, 0.4) is 0 Å². The summed E-state index contributed by atoms with van der Waals surface area (Å²) in [6.45, 7) is 5.71. The van der Waals surface area contributed by atoms with E-state index >= 15 is 0 Å². The van der Waals surface area contributed by atoms with Crippen molar-refractivity contribution in [3.8, 4) is 0 Å². The summed E-state index contributed by atoms with van der Waals surface area (Å²) in [5, 5.41) is 18.2. The van der Waals surface area contributed by atoms with Gasteiger partial charge in [-0.15, -0.1) is 0 Å². The van der Waals surface area contributed by atoms with Crippen molar-refractivity contribution in [2.24, 2.45) is 5.41 Å². The molecule has 0 spiro atoms. The molecular weight excluding hydrogens is 258 g/mol. The standard InChI is InChI=1S/C6H12O2.C4H3N3O4/c1-6(2,3)4-5(7)8;8-3-2(7(10)11)1-5-4(9)6-3/h4H2,1-3H3,(H,7,8);1H,(H2,5,6,8,9). The van der Waals surface area contributed by atoms with E-state index in [9.17, 15) is 24.5 Å². The van der Waals surface area contributed by atoms with Gasteiger partial charge >= 0.3 is 22.9 Å². The number of aliphatic carboxylic acids is 1. The van der Waals surface area contributed by atoms with Crippen molar-refractivity contribution in [1.82, 2.24) is 9.97 Å². The van der Waals surface area contributed by atoms with E-state index in [2.05, 4.69) is 0 Å². The minimum Gasteiger partial charge on any atom is -0.481 e. The molecule has 9 nitrogen and oxygen atoms in total. The first-order valence-electron chi connectivity index (χ1n) is 5.21. The minimum absolute atomic E-state index is 0.0775. The second-order valence-corrected chi connectivity index (χ2v) is 4.85. The van der Waals surface area contributed by atoms with Gasteiger partial charge in [-0.1, -0.05) is 20.8 Å². The van der Waals surface area contributed by atoms with Crippen LogP contribution in [0.15, 0.2) is 15.8 Å². The molecule has 0 fully saturated rings. The largest absolute Gasteiger partial charge is 0.481 e. The third-order valence-corrected chi connectivity index (χ3v) is 1.68. The molecule has 0 aliphatic rings. The van der Waals surface area contributed by atoms with Crippen molar-refractivity contribution in [3.05, 3.63) is 37.1 Å². The zero-order valence-electron chi connectivity index (χ0n) is 10.7. The second-order valence-electron chi connectivity index (χ2n) is 4.85. The molecule has 19 heavy (non-hydrogen) atoms. The number of hydrogen-bond donors (Lipinski definition) is 3. The van der Waals surface area contributed by atoms with Gasteiger partial charge in [0.15, 0.2) is 0 Å². The number of carboxylic acids is 1. The Morgan fingerprint density at radius 2 is 1.95 bits per heavy atom. The van der Waals surface area contributed by atoms with Gasteiger partial charge < -0.3 is 10.1 Å². The molecule has 0 aromatic carbocycles. The van der Waals surface area contributed by atoms with Gasteiger partial charge in [-0.05, 0) is 5.41 Å². The quantitative estimate of drug-likeness (QED) is 0.527. The van der Waals surface area contributed by atoms with Gasteiger partial charge in [0.2, 0.25) is 0 Å². The van der Waals surface area contributed by atoms with Crippen LogP contribution in [0.25, 0.3) is 0 Å². The van der Waals surface area contributed by atoms with Crippen LogP contribution in [0.2, 0.25) is 0 Å². The highest BCUT2D eigenvalue weighted by molar-refractivity contribution is 5.67. The Kier molecular flexibility index (Phi) is 5.64. The lowest BCUT2D eigenvalue weighted by Crippen LogP contribution is -2.23. The average molecular weight is 273 g/mol. The molecule has 1 aromatic rings. The summed E-state index contributed by atoms with van der Waals surface area (Å²) in [5.41, 5.74) is -2.52. The molecule has 9 heteroatoms. The molecule has 0 unspecified atom stereocenters. The summed E-state index contributed by atoms with van der Waals surface area (Å²) in [5.74, 6) is -0.725. The Bertz CT molecular complexity index is 566. The fourth-order valence-corrected chi connectivity index (χ4v) is 0.992. The Hall–Kier alpha value is -2.45. The topological polar surface area (TPSA) is 146 Å². The number of nitrogens with one attached hydrogen (secondary N) is 2. The van der Waals surface area contributed by atoms with Crippen LogP contribution in [-0.2, 0) is 4.79 Å². The molecule has 0 radical (unpaired) electrons. The Balaban J connectivity index is 0.000000362. The van der Waals surface area contributed by atoms with E-state index in [1.54, 1.807) is 4.98 Å². The number of rotatable bonds is 2. The fraction of sp³-hybridized carbons (Fsp3) is 0.500. The molecule has 0 aliphatic heterocycles. The zero-order chi connectivity index (χ0) is 15.2. The minimum atomic E-state index is -1.00. The predicted octanol–water partition coefficient (Wildman–Crippen LogP) is 0.479. The molecule has 3 N–H and O–H groups in total. The highest BCUT2D eigenvalue weighted by Gasteiger charge is 2.13. The SMILES string of the molecule is CC(C)(C)CC(=O)O.O=c1[nH]cc([N+](=O)[O-])c(=O)[nH]1. The Morgan fingerprint density at radius 1 is 1.42 bits per heavy atom. The van der Waals surface area contributed by atoms with Crippen LogP contribution < -0.4 is 11.2 Å². The molecular formula is C10H15N3O6. The molecule has 0 atom stereocenters. The molecule has 0 saturated carbocycles. The van der Waals surface area contributed by atoms with E-state index in [4.69, 9.17) is 5.11 Å². The average Bonchev–Trinajstić information content (AvgIpc) is 2.12. The summed E-state index contributed by atoms with van der Waals surface area (Å²) in [7, 11) is 0. The van der Waals surface area contributed by atoms with E-state index in [0.717, 1.165) is 6.20 Å². The third kappa shape index (κ3) is 7.47. The first-order valence-corrected chi connectivity index (χ1v) is 5.21. The molecule has 0 bridgehead atoms. The summed E-state index contributed by atoms with van der Waals surface area (Å²) in [6, 6.07) is 0. The maximum absolute atomic E-state index is 10.6. The van der Waals surface area contributed by atoms with Crippen molar-refractivity contribution in [2.45, 2.75) is 27.2 Å². The lowest BCUT2D eigenvalue weighted by Gasteiger charge is -2.13. The van der Waals surface area contributed by atoms with Crippen molar-refractivity contribution < 1.29 is 14.8 Å². The van der Waals surface area contributed by atoms with Gasteiger partial charge in [-0.3, -0.25) is 24.7 Å². The van der Waals surface area contributed by atoms with E-state index in [0.29, 0.717) is 0 Å². The molecule has 106 valence electrons. The van der Waals surface area contributed by atoms with Crippen LogP contribution in [-0.4, -0.2) is 26.0 Å². The Morgan fingerprint density at radius 3 is 2.21 bits per heavy atom. The van der Waals surface area contributed by atoms with E-state index in [1.807, 2.05) is 25.8 Å². The molecule has 1 aromatic heterocycles. The van der Waals surface area contributed by atoms with Crippen LogP contribution >= 0.6 is 0 Å². The van der Waals surface area contributed by atoms with Gasteiger partial charge in [0.25, 0.3) is 0 Å². The summed E-state index contributed by atoms with van der Waals surface area (Å²) >= 11 is 0. The predicted molar refractivity (Wildman–Crippen MR) is 66.0 cm³/mol.